The molecular weight excluding hydrogens is 318 g/mol. The van der Waals surface area contributed by atoms with Crippen molar-refractivity contribution in [1.29, 1.82) is 0 Å². The quantitative estimate of drug-likeness (QED) is 0.847. The molecule has 1 amide bonds. The smallest absolute Gasteiger partial charge is 0.357 e. The predicted molar refractivity (Wildman–Crippen MR) is 93.0 cm³/mol. The lowest BCUT2D eigenvalue weighted by atomic mass is 10.1. The third kappa shape index (κ3) is 3.73. The molecule has 1 aromatic heterocycles. The van der Waals surface area contributed by atoms with Crippen LogP contribution in [0.2, 0.25) is 0 Å². The van der Waals surface area contributed by atoms with Crippen LogP contribution >= 0.6 is 0 Å². The molecule has 1 saturated carbocycles. The maximum Gasteiger partial charge on any atom is 0.357 e. The minimum absolute atomic E-state index is 0.344. The second-order valence-corrected chi connectivity index (χ2v) is 7.41. The highest BCUT2D eigenvalue weighted by molar-refractivity contribution is 5.91. The summed E-state index contributed by atoms with van der Waals surface area (Å²) in [6.45, 7) is 5.91. The van der Waals surface area contributed by atoms with Crippen LogP contribution in [-0.2, 0) is 15.1 Å². The van der Waals surface area contributed by atoms with Crippen LogP contribution in [0.1, 0.15) is 67.4 Å². The van der Waals surface area contributed by atoms with Crippen molar-refractivity contribution in [1.82, 2.24) is 9.78 Å². The Bertz CT molecular complexity index is 786. The van der Waals surface area contributed by atoms with Gasteiger partial charge in [0.15, 0.2) is 0 Å². The molecule has 2 N–H and O–H groups in total. The normalized spacial score (nSPS) is 15.6. The number of aromatic nitrogens is 2. The third-order valence-electron chi connectivity index (χ3n) is 4.15. The Hall–Kier alpha value is -2.63. The Balaban J connectivity index is 1.90. The summed E-state index contributed by atoms with van der Waals surface area (Å²) >= 11 is 0. The number of benzene rings is 1. The third-order valence-corrected chi connectivity index (χ3v) is 4.15. The van der Waals surface area contributed by atoms with E-state index in [0.29, 0.717) is 17.2 Å². The molecule has 1 fully saturated rings. The number of carbonyl (C=O) groups is 2. The van der Waals surface area contributed by atoms with Crippen LogP contribution in [0, 0.1) is 0 Å². The lowest BCUT2D eigenvalue weighted by Crippen LogP contribution is -2.30. The summed E-state index contributed by atoms with van der Waals surface area (Å²) in [5, 5.41) is 4.59. The van der Waals surface area contributed by atoms with Gasteiger partial charge >= 0.3 is 5.97 Å². The van der Waals surface area contributed by atoms with Crippen LogP contribution in [0.5, 0.6) is 0 Å². The Morgan fingerprint density at radius 1 is 1.24 bits per heavy atom. The Kier molecular flexibility index (Phi) is 4.37. The number of esters is 1. The Morgan fingerprint density at radius 3 is 2.40 bits per heavy atom. The molecular formula is C19H23N3O3. The SMILES string of the molecule is CC(C)(C)n1nc(C2CC2)cc1C(=O)OC(C(N)=O)c1ccccc1. The van der Waals surface area contributed by atoms with E-state index in [2.05, 4.69) is 5.10 Å². The number of ether oxygens (including phenoxy) is 1. The van der Waals surface area contributed by atoms with Crippen LogP contribution in [-0.4, -0.2) is 21.7 Å². The van der Waals surface area contributed by atoms with E-state index < -0.39 is 18.0 Å². The van der Waals surface area contributed by atoms with Crippen molar-refractivity contribution in [3.05, 3.63) is 53.3 Å². The molecule has 25 heavy (non-hydrogen) atoms. The number of primary amides is 1. The van der Waals surface area contributed by atoms with Gasteiger partial charge in [-0.3, -0.25) is 9.48 Å². The first-order chi connectivity index (χ1) is 11.8. The van der Waals surface area contributed by atoms with Gasteiger partial charge in [-0.1, -0.05) is 30.3 Å². The van der Waals surface area contributed by atoms with Crippen LogP contribution in [0.25, 0.3) is 0 Å². The van der Waals surface area contributed by atoms with Crippen molar-refractivity contribution in [2.45, 2.75) is 51.2 Å². The summed E-state index contributed by atoms with van der Waals surface area (Å²) in [4.78, 5) is 24.6. The maximum absolute atomic E-state index is 12.8. The van der Waals surface area contributed by atoms with Crippen LogP contribution in [0.3, 0.4) is 0 Å². The van der Waals surface area contributed by atoms with Crippen molar-refractivity contribution in [3.63, 3.8) is 0 Å². The van der Waals surface area contributed by atoms with Gasteiger partial charge in [-0.2, -0.15) is 5.10 Å². The highest BCUT2D eigenvalue weighted by Gasteiger charge is 2.33. The summed E-state index contributed by atoms with van der Waals surface area (Å²) in [5.41, 5.74) is 6.86. The number of nitrogens with zero attached hydrogens (tertiary/aromatic N) is 2. The topological polar surface area (TPSA) is 87.2 Å². The lowest BCUT2D eigenvalue weighted by molar-refractivity contribution is -0.127. The van der Waals surface area contributed by atoms with Crippen molar-refractivity contribution in [3.8, 4) is 0 Å². The van der Waals surface area contributed by atoms with E-state index in [9.17, 15) is 9.59 Å². The fourth-order valence-electron chi connectivity index (χ4n) is 2.72. The van der Waals surface area contributed by atoms with Crippen LogP contribution < -0.4 is 5.73 Å². The van der Waals surface area contributed by atoms with Gasteiger partial charge in [-0.25, -0.2) is 4.79 Å². The fraction of sp³-hybridized carbons (Fsp3) is 0.421. The molecule has 1 heterocycles. The number of nitrogens with two attached hydrogens (primary N) is 1. The average Bonchev–Trinajstić information content (AvgIpc) is 3.30. The molecule has 6 nitrogen and oxygen atoms in total. The molecule has 6 heteroatoms. The molecule has 1 unspecified atom stereocenters. The Morgan fingerprint density at radius 2 is 1.88 bits per heavy atom. The van der Waals surface area contributed by atoms with E-state index in [4.69, 9.17) is 10.5 Å². The first-order valence-corrected chi connectivity index (χ1v) is 8.43. The van der Waals surface area contributed by atoms with Gasteiger partial charge < -0.3 is 10.5 Å². The largest absolute Gasteiger partial charge is 0.443 e. The van der Waals surface area contributed by atoms with Gasteiger partial charge in [0.2, 0.25) is 6.10 Å². The van der Waals surface area contributed by atoms with E-state index in [1.807, 2.05) is 26.8 Å². The molecule has 1 atom stereocenters. The number of rotatable bonds is 5. The predicted octanol–water partition coefficient (Wildman–Crippen LogP) is 2.90. The van der Waals surface area contributed by atoms with Gasteiger partial charge in [0.25, 0.3) is 5.91 Å². The minimum Gasteiger partial charge on any atom is -0.443 e. The molecule has 2 aromatic rings. The maximum atomic E-state index is 12.8. The fourth-order valence-corrected chi connectivity index (χ4v) is 2.72. The zero-order chi connectivity index (χ0) is 18.2. The monoisotopic (exact) mass is 341 g/mol. The van der Waals surface area contributed by atoms with E-state index in [1.165, 1.54) is 0 Å². The standard InChI is InChI=1S/C19H23N3O3/c1-19(2,3)22-15(11-14(21-22)12-9-10-12)18(24)25-16(17(20)23)13-7-5-4-6-8-13/h4-8,11-12,16H,9-10H2,1-3H3,(H2,20,23). The summed E-state index contributed by atoms with van der Waals surface area (Å²) in [6.07, 6.45) is 1.05. The van der Waals surface area contributed by atoms with Crippen LogP contribution in [0.15, 0.2) is 36.4 Å². The number of carbonyl (C=O) groups excluding carboxylic acids is 2. The summed E-state index contributed by atoms with van der Waals surface area (Å²) in [6, 6.07) is 10.5. The second-order valence-electron chi connectivity index (χ2n) is 7.41. The molecule has 3 rings (SSSR count). The molecule has 132 valence electrons. The van der Waals surface area contributed by atoms with E-state index in [0.717, 1.165) is 18.5 Å². The summed E-state index contributed by atoms with van der Waals surface area (Å²) in [5.74, 6) is -0.887. The van der Waals surface area contributed by atoms with Crippen molar-refractivity contribution in [2.75, 3.05) is 0 Å². The van der Waals surface area contributed by atoms with Gasteiger partial charge in [0.05, 0.1) is 11.2 Å². The zero-order valence-corrected chi connectivity index (χ0v) is 14.7. The van der Waals surface area contributed by atoms with Gasteiger partial charge in [-0.15, -0.1) is 0 Å². The molecule has 1 aliphatic rings. The van der Waals surface area contributed by atoms with Gasteiger partial charge in [0, 0.05) is 11.5 Å². The Labute approximate surface area is 147 Å². The molecule has 1 aliphatic carbocycles. The summed E-state index contributed by atoms with van der Waals surface area (Å²) < 4.78 is 7.13. The van der Waals surface area contributed by atoms with Crippen molar-refractivity contribution >= 4 is 11.9 Å². The van der Waals surface area contributed by atoms with E-state index in [1.54, 1.807) is 35.0 Å². The number of hydrogen-bond acceptors (Lipinski definition) is 4. The van der Waals surface area contributed by atoms with E-state index >= 15 is 0 Å². The van der Waals surface area contributed by atoms with Crippen molar-refractivity contribution < 1.29 is 14.3 Å². The number of amides is 1. The first-order valence-electron chi connectivity index (χ1n) is 8.43. The minimum atomic E-state index is -1.12. The molecule has 0 radical (unpaired) electrons. The van der Waals surface area contributed by atoms with Crippen molar-refractivity contribution in [2.24, 2.45) is 5.73 Å². The van der Waals surface area contributed by atoms with E-state index in [-0.39, 0.29) is 5.54 Å². The highest BCUT2D eigenvalue weighted by atomic mass is 16.5. The van der Waals surface area contributed by atoms with Gasteiger partial charge in [-0.05, 0) is 39.7 Å². The second kappa shape index (κ2) is 6.35. The van der Waals surface area contributed by atoms with Gasteiger partial charge in [0.1, 0.15) is 5.69 Å². The average molecular weight is 341 g/mol. The van der Waals surface area contributed by atoms with Crippen LogP contribution in [0.4, 0.5) is 0 Å². The summed E-state index contributed by atoms with van der Waals surface area (Å²) in [7, 11) is 0. The molecule has 1 aromatic carbocycles. The number of hydrogen-bond donors (Lipinski definition) is 1. The zero-order valence-electron chi connectivity index (χ0n) is 14.7. The highest BCUT2D eigenvalue weighted by Crippen LogP contribution is 2.40. The molecule has 0 spiro atoms. The molecule has 0 bridgehead atoms. The first kappa shape index (κ1) is 17.2. The molecule has 0 aliphatic heterocycles. The molecule has 0 saturated heterocycles. The lowest BCUT2D eigenvalue weighted by Gasteiger charge is -2.22.